The van der Waals surface area contributed by atoms with E-state index in [1.54, 1.807) is 6.08 Å². The van der Waals surface area contributed by atoms with Crippen molar-refractivity contribution in [1.82, 2.24) is 9.97 Å². The van der Waals surface area contributed by atoms with Crippen LogP contribution in [0.3, 0.4) is 0 Å². The quantitative estimate of drug-likeness (QED) is 0.728. The van der Waals surface area contributed by atoms with E-state index < -0.39 is 0 Å². The Bertz CT molecular complexity index is 444. The minimum Gasteiger partial charge on any atom is -0.355 e. The van der Waals surface area contributed by atoms with Crippen molar-refractivity contribution in [3.05, 3.63) is 30.1 Å². The average Bonchev–Trinajstić information content (AvgIpc) is 2.67. The van der Waals surface area contributed by atoms with Crippen LogP contribution in [-0.2, 0) is 4.79 Å². The van der Waals surface area contributed by atoms with Gasteiger partial charge in [-0.15, -0.1) is 0 Å². The normalized spacial score (nSPS) is 11.1. The number of ketones is 1. The number of carbonyl (C=O) groups excluding carboxylic acids is 1. The zero-order chi connectivity index (χ0) is 13.5. The highest BCUT2D eigenvalue weighted by atomic mass is 16.1. The summed E-state index contributed by atoms with van der Waals surface area (Å²) < 4.78 is 0. The number of anilines is 1. The summed E-state index contributed by atoms with van der Waals surface area (Å²) in [6.07, 6.45) is 6.01. The van der Waals surface area contributed by atoms with Gasteiger partial charge in [-0.3, -0.25) is 4.79 Å². The number of carbonyl (C=O) groups is 1. The Morgan fingerprint density at radius 3 is 2.89 bits per heavy atom. The molecule has 1 heterocycles. The van der Waals surface area contributed by atoms with Gasteiger partial charge in [0.05, 0.1) is 11.4 Å². The Morgan fingerprint density at radius 2 is 2.28 bits per heavy atom. The summed E-state index contributed by atoms with van der Waals surface area (Å²) in [4.78, 5) is 18.9. The van der Waals surface area contributed by atoms with E-state index in [0.29, 0.717) is 18.9 Å². The molecule has 0 aliphatic carbocycles. The molecule has 0 atom stereocenters. The molecule has 0 amide bonds. The third-order valence-electron chi connectivity index (χ3n) is 2.63. The van der Waals surface area contributed by atoms with Crippen LogP contribution in [0, 0.1) is 12.8 Å². The summed E-state index contributed by atoms with van der Waals surface area (Å²) >= 11 is 0. The van der Waals surface area contributed by atoms with E-state index in [9.17, 15) is 4.79 Å². The maximum absolute atomic E-state index is 11.5. The average molecular weight is 247 g/mol. The predicted octanol–water partition coefficient (Wildman–Crippen LogP) is 2.94. The molecule has 1 aromatic rings. The minimum absolute atomic E-state index is 0.0937. The molecule has 0 aliphatic rings. The number of allylic oxidation sites excluding steroid dienone is 2. The van der Waals surface area contributed by atoms with E-state index in [1.807, 2.05) is 32.9 Å². The molecule has 1 rings (SSSR count). The lowest BCUT2D eigenvalue weighted by molar-refractivity contribution is -0.121. The Hall–Kier alpha value is -1.84. The van der Waals surface area contributed by atoms with E-state index in [0.717, 1.165) is 11.4 Å². The van der Waals surface area contributed by atoms with Gasteiger partial charge in [0.2, 0.25) is 5.95 Å². The number of H-pyrrole nitrogens is 1. The first-order valence-electron chi connectivity index (χ1n) is 6.17. The van der Waals surface area contributed by atoms with Crippen LogP contribution in [-0.4, -0.2) is 22.3 Å². The molecule has 0 aliphatic heterocycles. The Kier molecular flexibility index (Phi) is 5.36. The van der Waals surface area contributed by atoms with Gasteiger partial charge in [-0.05, 0) is 13.0 Å². The SMILES string of the molecule is C=C/C=C\c1[nH]c(NCCC(=O)C(C)C)nc1C. The fraction of sp³-hybridized carbons (Fsp3) is 0.429. The molecular weight excluding hydrogens is 226 g/mol. The summed E-state index contributed by atoms with van der Waals surface area (Å²) in [6.45, 7) is 9.99. The van der Waals surface area contributed by atoms with Crippen molar-refractivity contribution < 1.29 is 4.79 Å². The fourth-order valence-corrected chi connectivity index (χ4v) is 1.48. The highest BCUT2D eigenvalue weighted by Gasteiger charge is 2.07. The second kappa shape index (κ2) is 6.79. The van der Waals surface area contributed by atoms with Gasteiger partial charge in [-0.1, -0.05) is 32.6 Å². The van der Waals surface area contributed by atoms with Crippen molar-refractivity contribution in [2.45, 2.75) is 27.2 Å². The number of aromatic amines is 1. The molecule has 0 bridgehead atoms. The molecule has 0 radical (unpaired) electrons. The monoisotopic (exact) mass is 247 g/mol. The van der Waals surface area contributed by atoms with Gasteiger partial charge in [-0.2, -0.15) is 0 Å². The summed E-state index contributed by atoms with van der Waals surface area (Å²) in [7, 11) is 0. The zero-order valence-corrected chi connectivity index (χ0v) is 11.3. The van der Waals surface area contributed by atoms with Gasteiger partial charge in [0.1, 0.15) is 5.78 Å². The van der Waals surface area contributed by atoms with Crippen LogP contribution in [0.5, 0.6) is 0 Å². The Labute approximate surface area is 108 Å². The number of rotatable bonds is 7. The molecule has 0 aromatic carbocycles. The Morgan fingerprint density at radius 1 is 1.56 bits per heavy atom. The van der Waals surface area contributed by atoms with Crippen LogP contribution in [0.15, 0.2) is 18.7 Å². The molecule has 0 fully saturated rings. The molecule has 98 valence electrons. The lowest BCUT2D eigenvalue weighted by Gasteiger charge is -2.04. The van der Waals surface area contributed by atoms with Crippen molar-refractivity contribution in [1.29, 1.82) is 0 Å². The standard InChI is InChI=1S/C14H21N3O/c1-5-6-7-12-11(4)16-14(17-12)15-9-8-13(18)10(2)3/h5-7,10H,1,8-9H2,2-4H3,(H2,15,16,17)/b7-6-. The molecule has 0 unspecified atom stereocenters. The molecule has 0 spiro atoms. The van der Waals surface area contributed by atoms with Crippen LogP contribution in [0.4, 0.5) is 5.95 Å². The summed E-state index contributed by atoms with van der Waals surface area (Å²) in [6, 6.07) is 0. The summed E-state index contributed by atoms with van der Waals surface area (Å²) in [5.74, 6) is 1.06. The fourth-order valence-electron chi connectivity index (χ4n) is 1.48. The number of nitrogens with one attached hydrogen (secondary N) is 2. The minimum atomic E-state index is 0.0937. The second-order valence-electron chi connectivity index (χ2n) is 4.48. The van der Waals surface area contributed by atoms with E-state index in [-0.39, 0.29) is 11.7 Å². The predicted molar refractivity (Wildman–Crippen MR) is 75.5 cm³/mol. The van der Waals surface area contributed by atoms with Crippen molar-refractivity contribution in [3.63, 3.8) is 0 Å². The van der Waals surface area contributed by atoms with Gasteiger partial charge in [0.25, 0.3) is 0 Å². The Balaban J connectivity index is 2.51. The summed E-state index contributed by atoms with van der Waals surface area (Å²) in [5.41, 5.74) is 1.87. The van der Waals surface area contributed by atoms with Crippen molar-refractivity contribution in [2.24, 2.45) is 5.92 Å². The second-order valence-corrected chi connectivity index (χ2v) is 4.48. The number of aromatic nitrogens is 2. The zero-order valence-electron chi connectivity index (χ0n) is 11.3. The first kappa shape index (κ1) is 14.2. The van der Waals surface area contributed by atoms with Crippen LogP contribution in [0.2, 0.25) is 0 Å². The van der Waals surface area contributed by atoms with Crippen molar-refractivity contribution in [3.8, 4) is 0 Å². The van der Waals surface area contributed by atoms with Crippen LogP contribution >= 0.6 is 0 Å². The van der Waals surface area contributed by atoms with Crippen LogP contribution < -0.4 is 5.32 Å². The number of hydrogen-bond donors (Lipinski definition) is 2. The molecule has 4 heteroatoms. The van der Waals surface area contributed by atoms with Crippen LogP contribution in [0.25, 0.3) is 6.08 Å². The number of nitrogens with zero attached hydrogens (tertiary/aromatic N) is 1. The first-order valence-corrected chi connectivity index (χ1v) is 6.17. The highest BCUT2D eigenvalue weighted by molar-refractivity contribution is 5.80. The smallest absolute Gasteiger partial charge is 0.200 e. The molecule has 4 nitrogen and oxygen atoms in total. The maximum atomic E-state index is 11.5. The van der Waals surface area contributed by atoms with E-state index in [2.05, 4.69) is 21.9 Å². The molecule has 0 saturated carbocycles. The molecule has 2 N–H and O–H groups in total. The molecular formula is C14H21N3O. The largest absolute Gasteiger partial charge is 0.355 e. The van der Waals surface area contributed by atoms with Gasteiger partial charge in [0, 0.05) is 18.9 Å². The third-order valence-corrected chi connectivity index (χ3v) is 2.63. The van der Waals surface area contributed by atoms with E-state index in [1.165, 1.54) is 0 Å². The molecule has 0 saturated heterocycles. The lowest BCUT2D eigenvalue weighted by atomic mass is 10.1. The maximum Gasteiger partial charge on any atom is 0.200 e. The van der Waals surface area contributed by atoms with Gasteiger partial charge < -0.3 is 10.3 Å². The topological polar surface area (TPSA) is 57.8 Å². The van der Waals surface area contributed by atoms with E-state index in [4.69, 9.17) is 0 Å². The third kappa shape index (κ3) is 4.20. The summed E-state index contributed by atoms with van der Waals surface area (Å²) in [5, 5.41) is 3.12. The van der Waals surface area contributed by atoms with Crippen molar-refractivity contribution >= 4 is 17.8 Å². The number of imidazole rings is 1. The van der Waals surface area contributed by atoms with Crippen LogP contribution in [0.1, 0.15) is 31.7 Å². The molecule has 1 aromatic heterocycles. The number of hydrogen-bond acceptors (Lipinski definition) is 3. The van der Waals surface area contributed by atoms with Gasteiger partial charge >= 0.3 is 0 Å². The van der Waals surface area contributed by atoms with Gasteiger partial charge in [0.15, 0.2) is 0 Å². The van der Waals surface area contributed by atoms with Gasteiger partial charge in [-0.25, -0.2) is 4.98 Å². The molecule has 18 heavy (non-hydrogen) atoms. The van der Waals surface area contributed by atoms with Crippen molar-refractivity contribution in [2.75, 3.05) is 11.9 Å². The van der Waals surface area contributed by atoms with E-state index >= 15 is 0 Å². The number of aryl methyl sites for hydroxylation is 1. The highest BCUT2D eigenvalue weighted by Crippen LogP contribution is 2.10. The first-order chi connectivity index (χ1) is 8.54. The number of Topliss-reactive ketones (excluding diaryl/α,β-unsaturated/α-hetero) is 1. The lowest BCUT2D eigenvalue weighted by Crippen LogP contribution is -2.13.